The molecule has 0 spiro atoms. The Morgan fingerprint density at radius 2 is 2.00 bits per heavy atom. The Morgan fingerprint density at radius 1 is 1.27 bits per heavy atom. The van der Waals surface area contributed by atoms with Crippen LogP contribution >= 0.6 is 0 Å². The average molecular weight is 214 g/mol. The van der Waals surface area contributed by atoms with E-state index in [9.17, 15) is 0 Å². The molecule has 0 saturated carbocycles. The minimum absolute atomic E-state index is 0.0691. The Hall–Kier alpha value is -0.0800. The number of hydrogen-bond acceptors (Lipinski definition) is 2. The lowest BCUT2D eigenvalue weighted by Gasteiger charge is -2.41. The van der Waals surface area contributed by atoms with Gasteiger partial charge in [0.2, 0.25) is 0 Å². The lowest BCUT2D eigenvalue weighted by molar-refractivity contribution is -0.216. The summed E-state index contributed by atoms with van der Waals surface area (Å²) < 4.78 is 11.3. The highest BCUT2D eigenvalue weighted by Gasteiger charge is 2.38. The summed E-state index contributed by atoms with van der Waals surface area (Å²) in [5.74, 6) is 0.744. The predicted octanol–water partition coefficient (Wildman–Crippen LogP) is 3.40. The largest absolute Gasteiger partial charge is 0.375 e. The van der Waals surface area contributed by atoms with Crippen molar-refractivity contribution >= 4 is 0 Å². The molecule has 0 aromatic rings. The Labute approximate surface area is 94.3 Å². The molecule has 0 radical (unpaired) electrons. The van der Waals surface area contributed by atoms with Gasteiger partial charge in [0.05, 0.1) is 19.8 Å². The molecule has 15 heavy (non-hydrogen) atoms. The first-order chi connectivity index (χ1) is 7.26. The van der Waals surface area contributed by atoms with Crippen molar-refractivity contribution in [2.45, 2.75) is 58.5 Å². The maximum atomic E-state index is 6.04. The second-order valence-electron chi connectivity index (χ2n) is 4.76. The quantitative estimate of drug-likeness (QED) is 0.616. The van der Waals surface area contributed by atoms with E-state index in [0.717, 1.165) is 32.2 Å². The van der Waals surface area contributed by atoms with E-state index in [0.29, 0.717) is 0 Å². The van der Waals surface area contributed by atoms with Gasteiger partial charge in [-0.3, -0.25) is 0 Å². The first kappa shape index (κ1) is 13.0. The second kappa shape index (κ2) is 6.49. The van der Waals surface area contributed by atoms with E-state index < -0.39 is 0 Å². The summed E-state index contributed by atoms with van der Waals surface area (Å²) >= 11 is 0. The normalized spacial score (nSPS) is 21.0. The van der Waals surface area contributed by atoms with Crippen molar-refractivity contribution in [2.75, 3.05) is 19.8 Å². The SMILES string of the molecule is CCCCC(CC)COC1(CC)COC1. The molecule has 0 aromatic heterocycles. The third-order valence-corrected chi connectivity index (χ3v) is 3.54. The van der Waals surface area contributed by atoms with Crippen molar-refractivity contribution in [1.29, 1.82) is 0 Å². The van der Waals surface area contributed by atoms with E-state index in [1.54, 1.807) is 0 Å². The maximum Gasteiger partial charge on any atom is 0.114 e. The van der Waals surface area contributed by atoms with Gasteiger partial charge in [0.1, 0.15) is 5.60 Å². The van der Waals surface area contributed by atoms with Gasteiger partial charge in [0.15, 0.2) is 0 Å². The van der Waals surface area contributed by atoms with Crippen molar-refractivity contribution < 1.29 is 9.47 Å². The third kappa shape index (κ3) is 3.76. The molecule has 1 aliphatic heterocycles. The summed E-state index contributed by atoms with van der Waals surface area (Å²) in [7, 11) is 0. The molecule has 1 aliphatic rings. The third-order valence-electron chi connectivity index (χ3n) is 3.54. The molecule has 1 atom stereocenters. The molecule has 1 rings (SSSR count). The van der Waals surface area contributed by atoms with Crippen LogP contribution < -0.4 is 0 Å². The molecule has 0 bridgehead atoms. The Morgan fingerprint density at radius 3 is 2.40 bits per heavy atom. The van der Waals surface area contributed by atoms with Crippen molar-refractivity contribution in [3.05, 3.63) is 0 Å². The van der Waals surface area contributed by atoms with Gasteiger partial charge in [-0.15, -0.1) is 0 Å². The minimum atomic E-state index is 0.0691. The van der Waals surface area contributed by atoms with Crippen LogP contribution in [0.3, 0.4) is 0 Å². The van der Waals surface area contributed by atoms with E-state index in [2.05, 4.69) is 20.8 Å². The fraction of sp³-hybridized carbons (Fsp3) is 1.00. The van der Waals surface area contributed by atoms with E-state index in [1.807, 2.05) is 0 Å². The molecule has 0 amide bonds. The highest BCUT2D eigenvalue weighted by atomic mass is 16.6. The smallest absolute Gasteiger partial charge is 0.114 e. The van der Waals surface area contributed by atoms with Gasteiger partial charge >= 0.3 is 0 Å². The minimum Gasteiger partial charge on any atom is -0.375 e. The van der Waals surface area contributed by atoms with Crippen LogP contribution in [0.15, 0.2) is 0 Å². The Balaban J connectivity index is 2.20. The molecule has 0 N–H and O–H groups in total. The van der Waals surface area contributed by atoms with Crippen LogP contribution in [0, 0.1) is 5.92 Å². The van der Waals surface area contributed by atoms with Crippen molar-refractivity contribution in [2.24, 2.45) is 5.92 Å². The fourth-order valence-corrected chi connectivity index (χ4v) is 1.91. The maximum absolute atomic E-state index is 6.04. The molecule has 0 aromatic carbocycles. The van der Waals surface area contributed by atoms with Crippen molar-refractivity contribution in [1.82, 2.24) is 0 Å². The van der Waals surface area contributed by atoms with Gasteiger partial charge in [-0.2, -0.15) is 0 Å². The van der Waals surface area contributed by atoms with E-state index in [-0.39, 0.29) is 5.60 Å². The zero-order valence-corrected chi connectivity index (χ0v) is 10.6. The highest BCUT2D eigenvalue weighted by Crippen LogP contribution is 2.27. The summed E-state index contributed by atoms with van der Waals surface area (Å²) in [6, 6.07) is 0. The number of hydrogen-bond donors (Lipinski definition) is 0. The number of unbranched alkanes of at least 4 members (excludes halogenated alkanes) is 1. The van der Waals surface area contributed by atoms with Gasteiger partial charge in [-0.05, 0) is 18.8 Å². The molecular weight excluding hydrogens is 188 g/mol. The Bertz CT molecular complexity index is 158. The van der Waals surface area contributed by atoms with Crippen LogP contribution in [0.1, 0.15) is 52.9 Å². The fourth-order valence-electron chi connectivity index (χ4n) is 1.91. The summed E-state index contributed by atoms with van der Waals surface area (Å²) in [5.41, 5.74) is 0.0691. The average Bonchev–Trinajstić information content (AvgIpc) is 2.21. The van der Waals surface area contributed by atoms with Gasteiger partial charge in [-0.25, -0.2) is 0 Å². The van der Waals surface area contributed by atoms with Gasteiger partial charge in [0, 0.05) is 0 Å². The molecule has 2 nitrogen and oxygen atoms in total. The van der Waals surface area contributed by atoms with Crippen LogP contribution in [0.25, 0.3) is 0 Å². The molecule has 90 valence electrons. The van der Waals surface area contributed by atoms with Crippen molar-refractivity contribution in [3.8, 4) is 0 Å². The number of ether oxygens (including phenoxy) is 2. The topological polar surface area (TPSA) is 18.5 Å². The first-order valence-corrected chi connectivity index (χ1v) is 6.48. The monoisotopic (exact) mass is 214 g/mol. The lowest BCUT2D eigenvalue weighted by atomic mass is 9.96. The van der Waals surface area contributed by atoms with E-state index in [1.165, 1.54) is 25.7 Å². The van der Waals surface area contributed by atoms with Gasteiger partial charge < -0.3 is 9.47 Å². The molecule has 2 heteroatoms. The molecular formula is C13H26O2. The summed E-state index contributed by atoms with van der Waals surface area (Å²) in [4.78, 5) is 0. The van der Waals surface area contributed by atoms with E-state index in [4.69, 9.17) is 9.47 Å². The van der Waals surface area contributed by atoms with Crippen LogP contribution in [-0.2, 0) is 9.47 Å². The second-order valence-corrected chi connectivity index (χ2v) is 4.76. The summed E-state index contributed by atoms with van der Waals surface area (Å²) in [6.07, 6.45) is 6.25. The lowest BCUT2D eigenvalue weighted by Crippen LogP contribution is -2.52. The van der Waals surface area contributed by atoms with Crippen LogP contribution in [0.5, 0.6) is 0 Å². The predicted molar refractivity (Wildman–Crippen MR) is 63.1 cm³/mol. The number of rotatable bonds is 8. The zero-order valence-electron chi connectivity index (χ0n) is 10.6. The van der Waals surface area contributed by atoms with Crippen LogP contribution in [-0.4, -0.2) is 25.4 Å². The molecule has 0 aliphatic carbocycles. The van der Waals surface area contributed by atoms with Crippen molar-refractivity contribution in [3.63, 3.8) is 0 Å². The van der Waals surface area contributed by atoms with Crippen LogP contribution in [0.4, 0.5) is 0 Å². The molecule has 1 unspecified atom stereocenters. The zero-order chi connectivity index (χ0) is 11.1. The molecule has 1 saturated heterocycles. The highest BCUT2D eigenvalue weighted by molar-refractivity contribution is 4.86. The first-order valence-electron chi connectivity index (χ1n) is 6.48. The summed E-state index contributed by atoms with van der Waals surface area (Å²) in [6.45, 7) is 9.23. The standard InChI is InChI=1S/C13H26O2/c1-4-7-8-12(5-2)9-15-13(6-3)10-14-11-13/h12H,4-11H2,1-3H3. The molecule has 1 heterocycles. The molecule has 1 fully saturated rings. The van der Waals surface area contributed by atoms with Gasteiger partial charge in [0.25, 0.3) is 0 Å². The van der Waals surface area contributed by atoms with Crippen LogP contribution in [0.2, 0.25) is 0 Å². The van der Waals surface area contributed by atoms with Gasteiger partial charge in [-0.1, -0.05) is 40.0 Å². The summed E-state index contributed by atoms with van der Waals surface area (Å²) in [5, 5.41) is 0. The van der Waals surface area contributed by atoms with E-state index >= 15 is 0 Å². The Kier molecular flexibility index (Phi) is 5.62.